The Morgan fingerprint density at radius 3 is 2.67 bits per heavy atom. The van der Waals surface area contributed by atoms with Crippen molar-refractivity contribution in [2.24, 2.45) is 0 Å². The quantitative estimate of drug-likeness (QED) is 0.797. The molecule has 0 bridgehead atoms. The van der Waals surface area contributed by atoms with Gasteiger partial charge in [-0.3, -0.25) is 0 Å². The first-order valence-electron chi connectivity index (χ1n) is 7.81. The fourth-order valence-corrected chi connectivity index (χ4v) is 2.72. The molecule has 1 aliphatic rings. The van der Waals surface area contributed by atoms with Crippen LogP contribution < -0.4 is 5.32 Å². The summed E-state index contributed by atoms with van der Waals surface area (Å²) in [6.45, 7) is 3.62. The van der Waals surface area contributed by atoms with Crippen molar-refractivity contribution in [1.29, 1.82) is 0 Å². The molecule has 2 heterocycles. The van der Waals surface area contributed by atoms with E-state index in [1.54, 1.807) is 23.1 Å². The fraction of sp³-hybridized carbons (Fsp3) is 0.222. The molecule has 122 valence electrons. The molecule has 6 heteroatoms. The zero-order chi connectivity index (χ0) is 16.5. The van der Waals surface area contributed by atoms with E-state index in [1.165, 1.54) is 23.3 Å². The lowest BCUT2D eigenvalue weighted by atomic mass is 9.95. The van der Waals surface area contributed by atoms with Gasteiger partial charge in [-0.1, -0.05) is 6.07 Å². The summed E-state index contributed by atoms with van der Waals surface area (Å²) in [5.74, 6) is 0.695. The van der Waals surface area contributed by atoms with E-state index < -0.39 is 0 Å². The molecular weight excluding hydrogens is 307 g/mol. The average Bonchev–Trinajstić information content (AvgIpc) is 2.94. The van der Waals surface area contributed by atoms with Crippen LogP contribution in [-0.4, -0.2) is 28.0 Å². The van der Waals surface area contributed by atoms with E-state index in [9.17, 15) is 4.39 Å². The summed E-state index contributed by atoms with van der Waals surface area (Å²) in [6, 6.07) is 12.5. The molecule has 0 unspecified atom stereocenters. The van der Waals surface area contributed by atoms with Crippen molar-refractivity contribution in [3.8, 4) is 5.69 Å². The van der Waals surface area contributed by atoms with Gasteiger partial charge in [0.25, 0.3) is 0 Å². The largest absolute Gasteiger partial charge is 0.380 e. The molecule has 0 amide bonds. The number of nitrogens with one attached hydrogen (secondary N) is 1. The average molecular weight is 324 g/mol. The monoisotopic (exact) mass is 324 g/mol. The Bertz CT molecular complexity index is 856. The van der Waals surface area contributed by atoms with Gasteiger partial charge in [-0.05, 0) is 54.4 Å². The maximum absolute atomic E-state index is 13.0. The number of hydrogen-bond donors (Lipinski definition) is 1. The minimum Gasteiger partial charge on any atom is -0.380 e. The van der Waals surface area contributed by atoms with Crippen LogP contribution in [0, 0.1) is 12.7 Å². The van der Waals surface area contributed by atoms with E-state index in [0.717, 1.165) is 24.6 Å². The molecule has 0 saturated carbocycles. The molecule has 2 aromatic carbocycles. The number of hydrogen-bond acceptors (Lipinski definition) is 4. The molecule has 1 saturated heterocycles. The van der Waals surface area contributed by atoms with E-state index >= 15 is 0 Å². The first-order valence-corrected chi connectivity index (χ1v) is 7.81. The molecule has 1 fully saturated rings. The van der Waals surface area contributed by atoms with E-state index in [0.29, 0.717) is 11.9 Å². The van der Waals surface area contributed by atoms with Gasteiger partial charge >= 0.3 is 0 Å². The second-order valence-corrected chi connectivity index (χ2v) is 5.98. The Morgan fingerprint density at radius 1 is 1.17 bits per heavy atom. The van der Waals surface area contributed by atoms with Crippen molar-refractivity contribution < 1.29 is 9.13 Å². The molecule has 0 atom stereocenters. The molecular formula is C18H17FN4O. The second kappa shape index (κ2) is 6.05. The minimum atomic E-state index is -0.274. The van der Waals surface area contributed by atoms with Crippen LogP contribution in [0.15, 0.2) is 48.8 Å². The standard InChI is InChI=1S/C18H17FN4O/c1-12-6-13(14-9-24-10-14)8-16(7-12)21-18-20-11-23(22-18)17-4-2-15(19)3-5-17/h2-8,11,14H,9-10H2,1H3,(H,21,22). The molecule has 24 heavy (non-hydrogen) atoms. The topological polar surface area (TPSA) is 52.0 Å². The van der Waals surface area contributed by atoms with Crippen LogP contribution >= 0.6 is 0 Å². The van der Waals surface area contributed by atoms with Gasteiger partial charge in [0, 0.05) is 11.6 Å². The van der Waals surface area contributed by atoms with Gasteiger partial charge in [0.15, 0.2) is 0 Å². The Hall–Kier alpha value is -2.73. The first kappa shape index (κ1) is 14.8. The van der Waals surface area contributed by atoms with Crippen LogP contribution in [0.3, 0.4) is 0 Å². The number of aromatic nitrogens is 3. The maximum atomic E-state index is 13.0. The Balaban J connectivity index is 1.55. The number of aryl methyl sites for hydroxylation is 1. The first-order chi connectivity index (χ1) is 11.7. The number of nitrogens with zero attached hydrogens (tertiary/aromatic N) is 3. The van der Waals surface area contributed by atoms with Crippen molar-refractivity contribution in [3.05, 3.63) is 65.7 Å². The number of anilines is 2. The Kier molecular flexibility index (Phi) is 3.74. The second-order valence-electron chi connectivity index (χ2n) is 5.98. The highest BCUT2D eigenvalue weighted by Crippen LogP contribution is 2.28. The fourth-order valence-electron chi connectivity index (χ4n) is 2.72. The molecule has 5 nitrogen and oxygen atoms in total. The van der Waals surface area contributed by atoms with Gasteiger partial charge < -0.3 is 10.1 Å². The molecule has 1 N–H and O–H groups in total. The molecule has 0 spiro atoms. The van der Waals surface area contributed by atoms with Crippen molar-refractivity contribution in [2.45, 2.75) is 12.8 Å². The van der Waals surface area contributed by atoms with Gasteiger partial charge in [-0.25, -0.2) is 9.07 Å². The minimum absolute atomic E-state index is 0.274. The third kappa shape index (κ3) is 3.00. The number of rotatable bonds is 4. The van der Waals surface area contributed by atoms with E-state index in [1.807, 2.05) is 0 Å². The summed E-state index contributed by atoms with van der Waals surface area (Å²) in [5.41, 5.74) is 4.16. The lowest BCUT2D eigenvalue weighted by Crippen LogP contribution is -2.25. The maximum Gasteiger partial charge on any atom is 0.246 e. The summed E-state index contributed by atoms with van der Waals surface area (Å²) in [4.78, 5) is 4.27. The predicted octanol–water partition coefficient (Wildman–Crippen LogP) is 3.57. The number of ether oxygens (including phenoxy) is 1. The number of benzene rings is 2. The highest BCUT2D eigenvalue weighted by Gasteiger charge is 2.21. The van der Waals surface area contributed by atoms with Gasteiger partial charge in [0.05, 0.1) is 18.9 Å². The van der Waals surface area contributed by atoms with Gasteiger partial charge in [0.1, 0.15) is 12.1 Å². The van der Waals surface area contributed by atoms with Crippen molar-refractivity contribution in [3.63, 3.8) is 0 Å². The SMILES string of the molecule is Cc1cc(Nc2ncn(-c3ccc(F)cc3)n2)cc(C2COC2)c1. The van der Waals surface area contributed by atoms with E-state index in [2.05, 4.69) is 40.5 Å². The number of halogens is 1. The van der Waals surface area contributed by atoms with Gasteiger partial charge in [-0.15, -0.1) is 5.10 Å². The normalized spacial score (nSPS) is 14.4. The third-order valence-corrected chi connectivity index (χ3v) is 4.05. The van der Waals surface area contributed by atoms with Crippen molar-refractivity contribution in [1.82, 2.24) is 14.8 Å². The molecule has 0 aliphatic carbocycles. The zero-order valence-corrected chi connectivity index (χ0v) is 13.2. The van der Waals surface area contributed by atoms with Crippen LogP contribution in [0.25, 0.3) is 5.69 Å². The molecule has 1 aromatic heterocycles. The van der Waals surface area contributed by atoms with Crippen molar-refractivity contribution in [2.75, 3.05) is 18.5 Å². The van der Waals surface area contributed by atoms with Gasteiger partial charge in [-0.2, -0.15) is 4.98 Å². The third-order valence-electron chi connectivity index (χ3n) is 4.05. The molecule has 1 aliphatic heterocycles. The lowest BCUT2D eigenvalue weighted by Gasteiger charge is -2.27. The smallest absolute Gasteiger partial charge is 0.246 e. The van der Waals surface area contributed by atoms with Crippen LogP contribution in [0.4, 0.5) is 16.0 Å². The molecule has 3 aromatic rings. The van der Waals surface area contributed by atoms with E-state index in [-0.39, 0.29) is 5.82 Å². The Morgan fingerprint density at radius 2 is 1.96 bits per heavy atom. The summed E-state index contributed by atoms with van der Waals surface area (Å²) in [6.07, 6.45) is 1.60. The van der Waals surface area contributed by atoms with Crippen LogP contribution in [0.5, 0.6) is 0 Å². The molecule has 4 rings (SSSR count). The van der Waals surface area contributed by atoms with Crippen LogP contribution in [0.2, 0.25) is 0 Å². The summed E-state index contributed by atoms with van der Waals surface area (Å²) < 4.78 is 19.9. The predicted molar refractivity (Wildman–Crippen MR) is 89.3 cm³/mol. The summed E-state index contributed by atoms with van der Waals surface area (Å²) in [5, 5.41) is 7.62. The molecule has 0 radical (unpaired) electrons. The highest BCUT2D eigenvalue weighted by atomic mass is 19.1. The zero-order valence-electron chi connectivity index (χ0n) is 13.2. The van der Waals surface area contributed by atoms with Crippen LogP contribution in [0.1, 0.15) is 17.0 Å². The highest BCUT2D eigenvalue weighted by molar-refractivity contribution is 5.56. The Labute approximate surface area is 139 Å². The summed E-state index contributed by atoms with van der Waals surface area (Å²) >= 11 is 0. The lowest BCUT2D eigenvalue weighted by molar-refractivity contribution is 0.00843. The van der Waals surface area contributed by atoms with Crippen molar-refractivity contribution >= 4 is 11.6 Å². The summed E-state index contributed by atoms with van der Waals surface area (Å²) in [7, 11) is 0. The van der Waals surface area contributed by atoms with E-state index in [4.69, 9.17) is 4.74 Å². The van der Waals surface area contributed by atoms with Crippen LogP contribution in [-0.2, 0) is 4.74 Å². The van der Waals surface area contributed by atoms with Gasteiger partial charge in [0.2, 0.25) is 5.95 Å².